The lowest BCUT2D eigenvalue weighted by atomic mass is 10.2. The van der Waals surface area contributed by atoms with Gasteiger partial charge in [0.25, 0.3) is 0 Å². The molecule has 0 spiro atoms. The number of rotatable bonds is 3. The number of hydrogen-bond acceptors (Lipinski definition) is 4. The van der Waals surface area contributed by atoms with Crippen LogP contribution < -0.4 is 5.32 Å². The summed E-state index contributed by atoms with van der Waals surface area (Å²) < 4.78 is 1.83. The summed E-state index contributed by atoms with van der Waals surface area (Å²) >= 11 is 0. The Hall–Kier alpha value is -1.91. The largest absolute Gasteiger partial charge is 0.369 e. The molecule has 0 aromatic carbocycles. The highest BCUT2D eigenvalue weighted by atomic mass is 15.3. The van der Waals surface area contributed by atoms with E-state index in [2.05, 4.69) is 20.4 Å². The van der Waals surface area contributed by atoms with Crippen LogP contribution in [0, 0.1) is 6.92 Å². The number of aromatic nitrogens is 4. The lowest BCUT2D eigenvalue weighted by Gasteiger charge is -2.07. The number of anilines is 1. The molecule has 16 heavy (non-hydrogen) atoms. The van der Waals surface area contributed by atoms with E-state index in [1.165, 1.54) is 0 Å². The van der Waals surface area contributed by atoms with E-state index in [9.17, 15) is 0 Å². The Morgan fingerprint density at radius 1 is 1.31 bits per heavy atom. The number of nitrogens with one attached hydrogen (secondary N) is 1. The first-order valence-electron chi connectivity index (χ1n) is 5.28. The van der Waals surface area contributed by atoms with Crippen molar-refractivity contribution in [3.8, 4) is 11.3 Å². The predicted octanol–water partition coefficient (Wildman–Crippen LogP) is 1.62. The standard InChI is InChI=1S/C11H15N5/c1-4-12-11-10(13-5-6-14-11)9-7-15-16(3)8(9)2/h5-7H,4H2,1-3H3,(H,12,14). The van der Waals surface area contributed by atoms with E-state index >= 15 is 0 Å². The SMILES string of the molecule is CCNc1nccnc1-c1cnn(C)c1C. The zero-order valence-corrected chi connectivity index (χ0v) is 9.73. The van der Waals surface area contributed by atoms with Crippen LogP contribution in [0.2, 0.25) is 0 Å². The van der Waals surface area contributed by atoms with Crippen LogP contribution in [0.25, 0.3) is 11.3 Å². The van der Waals surface area contributed by atoms with Crippen molar-refractivity contribution in [1.82, 2.24) is 19.7 Å². The van der Waals surface area contributed by atoms with Gasteiger partial charge in [0.1, 0.15) is 5.69 Å². The molecule has 0 aliphatic heterocycles. The van der Waals surface area contributed by atoms with Gasteiger partial charge in [0, 0.05) is 37.2 Å². The Morgan fingerprint density at radius 2 is 2.06 bits per heavy atom. The van der Waals surface area contributed by atoms with E-state index < -0.39 is 0 Å². The van der Waals surface area contributed by atoms with E-state index in [1.807, 2.05) is 31.8 Å². The molecule has 5 heteroatoms. The quantitative estimate of drug-likeness (QED) is 0.848. The molecule has 0 saturated heterocycles. The van der Waals surface area contributed by atoms with Crippen LogP contribution in [0.15, 0.2) is 18.6 Å². The zero-order valence-electron chi connectivity index (χ0n) is 9.73. The van der Waals surface area contributed by atoms with Gasteiger partial charge in [-0.05, 0) is 13.8 Å². The van der Waals surface area contributed by atoms with Gasteiger partial charge in [0.2, 0.25) is 0 Å². The average molecular weight is 217 g/mol. The fourth-order valence-electron chi connectivity index (χ4n) is 1.56. The van der Waals surface area contributed by atoms with Gasteiger partial charge in [-0.1, -0.05) is 0 Å². The molecule has 5 nitrogen and oxygen atoms in total. The summed E-state index contributed by atoms with van der Waals surface area (Å²) in [5, 5.41) is 7.42. The van der Waals surface area contributed by atoms with Crippen LogP contribution in [0.1, 0.15) is 12.6 Å². The molecule has 1 N–H and O–H groups in total. The Labute approximate surface area is 94.5 Å². The molecule has 0 fully saturated rings. The number of aryl methyl sites for hydroxylation is 1. The molecule has 2 rings (SSSR count). The number of hydrogen-bond donors (Lipinski definition) is 1. The van der Waals surface area contributed by atoms with E-state index in [0.717, 1.165) is 29.3 Å². The van der Waals surface area contributed by atoms with Crippen molar-refractivity contribution in [3.63, 3.8) is 0 Å². The Morgan fingerprint density at radius 3 is 2.69 bits per heavy atom. The average Bonchev–Trinajstić information content (AvgIpc) is 2.61. The maximum Gasteiger partial charge on any atom is 0.152 e. The fourth-order valence-corrected chi connectivity index (χ4v) is 1.56. The van der Waals surface area contributed by atoms with Crippen molar-refractivity contribution >= 4 is 5.82 Å². The molecule has 0 saturated carbocycles. The molecule has 0 aliphatic carbocycles. The molecule has 0 radical (unpaired) electrons. The molecule has 84 valence electrons. The smallest absolute Gasteiger partial charge is 0.152 e. The summed E-state index contributed by atoms with van der Waals surface area (Å²) in [6.07, 6.45) is 5.20. The topological polar surface area (TPSA) is 55.6 Å². The molecule has 2 aromatic heterocycles. The minimum absolute atomic E-state index is 0.807. The molecule has 0 unspecified atom stereocenters. The third-order valence-corrected chi connectivity index (χ3v) is 2.53. The van der Waals surface area contributed by atoms with E-state index in [0.29, 0.717) is 0 Å². The second-order valence-corrected chi connectivity index (χ2v) is 3.55. The highest BCUT2D eigenvalue weighted by molar-refractivity contribution is 5.72. The highest BCUT2D eigenvalue weighted by Crippen LogP contribution is 2.25. The summed E-state index contributed by atoms with van der Waals surface area (Å²) in [5.74, 6) is 0.807. The molecule has 0 bridgehead atoms. The van der Waals surface area contributed by atoms with E-state index in [-0.39, 0.29) is 0 Å². The Bertz CT molecular complexity index is 489. The van der Waals surface area contributed by atoms with Crippen molar-refractivity contribution in [2.24, 2.45) is 7.05 Å². The third-order valence-electron chi connectivity index (χ3n) is 2.53. The van der Waals surface area contributed by atoms with Gasteiger partial charge in [-0.3, -0.25) is 9.67 Å². The van der Waals surface area contributed by atoms with Crippen molar-refractivity contribution in [3.05, 3.63) is 24.3 Å². The van der Waals surface area contributed by atoms with Crippen LogP contribution in [0.4, 0.5) is 5.82 Å². The lowest BCUT2D eigenvalue weighted by Crippen LogP contribution is -2.03. The van der Waals surface area contributed by atoms with Crippen molar-refractivity contribution < 1.29 is 0 Å². The predicted molar refractivity (Wildman–Crippen MR) is 63.1 cm³/mol. The first kappa shape index (κ1) is 10.6. The Kier molecular flexibility index (Phi) is 2.85. The summed E-state index contributed by atoms with van der Waals surface area (Å²) in [6.45, 7) is 4.88. The number of nitrogens with zero attached hydrogens (tertiary/aromatic N) is 4. The molecular weight excluding hydrogens is 202 g/mol. The Balaban J connectivity index is 2.51. The van der Waals surface area contributed by atoms with Crippen LogP contribution in [-0.2, 0) is 7.05 Å². The molecule has 2 heterocycles. The zero-order chi connectivity index (χ0) is 11.5. The van der Waals surface area contributed by atoms with Crippen molar-refractivity contribution in [2.75, 3.05) is 11.9 Å². The lowest BCUT2D eigenvalue weighted by molar-refractivity contribution is 0.740. The molecule has 2 aromatic rings. The first-order valence-corrected chi connectivity index (χ1v) is 5.28. The van der Waals surface area contributed by atoms with Gasteiger partial charge in [0.05, 0.1) is 6.20 Å². The van der Waals surface area contributed by atoms with Gasteiger partial charge in [-0.2, -0.15) is 5.10 Å². The minimum atomic E-state index is 0.807. The second-order valence-electron chi connectivity index (χ2n) is 3.55. The van der Waals surface area contributed by atoms with Gasteiger partial charge in [-0.25, -0.2) is 4.98 Å². The fraction of sp³-hybridized carbons (Fsp3) is 0.364. The monoisotopic (exact) mass is 217 g/mol. The van der Waals surface area contributed by atoms with Crippen LogP contribution in [-0.4, -0.2) is 26.3 Å². The summed E-state index contributed by atoms with van der Waals surface area (Å²) in [5.41, 5.74) is 2.96. The summed E-state index contributed by atoms with van der Waals surface area (Å²) in [4.78, 5) is 8.65. The second kappa shape index (κ2) is 4.30. The maximum atomic E-state index is 4.36. The summed E-state index contributed by atoms with van der Waals surface area (Å²) in [7, 11) is 1.92. The summed E-state index contributed by atoms with van der Waals surface area (Å²) in [6, 6.07) is 0. The van der Waals surface area contributed by atoms with Crippen LogP contribution in [0.5, 0.6) is 0 Å². The van der Waals surface area contributed by atoms with Crippen LogP contribution >= 0.6 is 0 Å². The normalized spacial score (nSPS) is 10.4. The van der Waals surface area contributed by atoms with Crippen LogP contribution in [0.3, 0.4) is 0 Å². The molecular formula is C11H15N5. The van der Waals surface area contributed by atoms with Gasteiger partial charge in [-0.15, -0.1) is 0 Å². The van der Waals surface area contributed by atoms with E-state index in [4.69, 9.17) is 0 Å². The highest BCUT2D eigenvalue weighted by Gasteiger charge is 2.12. The maximum absolute atomic E-state index is 4.36. The van der Waals surface area contributed by atoms with E-state index in [1.54, 1.807) is 12.4 Å². The third kappa shape index (κ3) is 1.76. The molecule has 0 atom stereocenters. The van der Waals surface area contributed by atoms with Gasteiger partial charge in [0.15, 0.2) is 5.82 Å². The molecule has 0 amide bonds. The van der Waals surface area contributed by atoms with Crippen molar-refractivity contribution in [2.45, 2.75) is 13.8 Å². The van der Waals surface area contributed by atoms with Crippen molar-refractivity contribution in [1.29, 1.82) is 0 Å². The minimum Gasteiger partial charge on any atom is -0.369 e. The first-order chi connectivity index (χ1) is 7.74. The molecule has 0 aliphatic rings. The van der Waals surface area contributed by atoms with Gasteiger partial charge >= 0.3 is 0 Å². The van der Waals surface area contributed by atoms with Gasteiger partial charge < -0.3 is 5.32 Å².